The molecule has 1 radical (unpaired) electrons. The predicted octanol–water partition coefficient (Wildman–Crippen LogP) is 3.52. The molecular weight excluding hydrogens is 170 g/mol. The van der Waals surface area contributed by atoms with E-state index in [1.54, 1.807) is 0 Å². The molecule has 75 valence electrons. The van der Waals surface area contributed by atoms with Crippen molar-refractivity contribution in [2.24, 2.45) is 0 Å². The van der Waals surface area contributed by atoms with Crippen LogP contribution in [0.4, 0.5) is 0 Å². The standard InChI is InChI=1S/C13H18N/c14-10-12-8-4-5-9-13(12)11-6-2-1-3-7-11/h4-5,8-9,11,14H,1-3,6-7,10H2. The van der Waals surface area contributed by atoms with Crippen LogP contribution in [0, 0.1) is 0 Å². The quantitative estimate of drug-likeness (QED) is 0.678. The maximum absolute atomic E-state index is 7.50. The SMILES string of the molecule is [NH]Cc1ccccc1C1CCCCC1. The number of hydrogen-bond donors (Lipinski definition) is 0. The Balaban J connectivity index is 2.20. The molecule has 0 aliphatic heterocycles. The van der Waals surface area contributed by atoms with E-state index in [0.717, 1.165) is 5.92 Å². The summed E-state index contributed by atoms with van der Waals surface area (Å²) in [4.78, 5) is 0. The molecule has 14 heavy (non-hydrogen) atoms. The summed E-state index contributed by atoms with van der Waals surface area (Å²) in [5.41, 5.74) is 10.2. The summed E-state index contributed by atoms with van der Waals surface area (Å²) in [6, 6.07) is 8.50. The van der Waals surface area contributed by atoms with E-state index >= 15 is 0 Å². The molecule has 1 aliphatic rings. The van der Waals surface area contributed by atoms with Crippen LogP contribution in [-0.2, 0) is 6.54 Å². The van der Waals surface area contributed by atoms with Crippen LogP contribution in [0.5, 0.6) is 0 Å². The van der Waals surface area contributed by atoms with Gasteiger partial charge >= 0.3 is 0 Å². The molecular formula is C13H18N. The predicted molar refractivity (Wildman–Crippen MR) is 59.1 cm³/mol. The molecule has 1 nitrogen and oxygen atoms in total. The van der Waals surface area contributed by atoms with Crippen molar-refractivity contribution >= 4 is 0 Å². The Labute approximate surface area is 86.3 Å². The zero-order valence-electron chi connectivity index (χ0n) is 8.63. The van der Waals surface area contributed by atoms with Gasteiger partial charge in [0.05, 0.1) is 0 Å². The van der Waals surface area contributed by atoms with E-state index in [9.17, 15) is 0 Å². The van der Waals surface area contributed by atoms with Gasteiger partial charge in [-0.25, -0.2) is 0 Å². The zero-order valence-corrected chi connectivity index (χ0v) is 8.63. The lowest BCUT2D eigenvalue weighted by Crippen LogP contribution is -2.07. The lowest BCUT2D eigenvalue weighted by molar-refractivity contribution is 0.441. The van der Waals surface area contributed by atoms with Gasteiger partial charge in [0.15, 0.2) is 0 Å². The third-order valence-electron chi connectivity index (χ3n) is 3.29. The van der Waals surface area contributed by atoms with E-state index in [-0.39, 0.29) is 0 Å². The molecule has 1 aromatic rings. The van der Waals surface area contributed by atoms with E-state index < -0.39 is 0 Å². The third-order valence-corrected chi connectivity index (χ3v) is 3.29. The van der Waals surface area contributed by atoms with Crippen molar-refractivity contribution in [2.45, 2.75) is 44.6 Å². The Bertz CT molecular complexity index is 287. The monoisotopic (exact) mass is 188 g/mol. The first-order chi connectivity index (χ1) is 6.92. The van der Waals surface area contributed by atoms with Gasteiger partial charge in [-0.05, 0) is 29.9 Å². The van der Waals surface area contributed by atoms with Crippen LogP contribution >= 0.6 is 0 Å². The van der Waals surface area contributed by atoms with Crippen molar-refractivity contribution in [3.8, 4) is 0 Å². The van der Waals surface area contributed by atoms with Crippen molar-refractivity contribution in [2.75, 3.05) is 0 Å². The van der Waals surface area contributed by atoms with Gasteiger partial charge in [0.1, 0.15) is 0 Å². The van der Waals surface area contributed by atoms with Gasteiger partial charge in [-0.15, -0.1) is 0 Å². The summed E-state index contributed by atoms with van der Waals surface area (Å²) in [5, 5.41) is 0. The van der Waals surface area contributed by atoms with E-state index in [2.05, 4.69) is 24.3 Å². The summed E-state index contributed by atoms with van der Waals surface area (Å²) in [6.45, 7) is 0.437. The van der Waals surface area contributed by atoms with Gasteiger partial charge in [-0.2, -0.15) is 0 Å². The topological polar surface area (TPSA) is 23.8 Å². The minimum Gasteiger partial charge on any atom is -0.253 e. The Hall–Kier alpha value is -0.820. The molecule has 1 heteroatoms. The van der Waals surface area contributed by atoms with Crippen LogP contribution in [0.25, 0.3) is 0 Å². The summed E-state index contributed by atoms with van der Waals surface area (Å²) in [6.07, 6.45) is 6.81. The molecule has 0 saturated heterocycles. The molecule has 0 amide bonds. The fourth-order valence-electron chi connectivity index (χ4n) is 2.51. The summed E-state index contributed by atoms with van der Waals surface area (Å²) in [7, 11) is 0. The van der Waals surface area contributed by atoms with Crippen LogP contribution in [0.15, 0.2) is 24.3 Å². The first-order valence-electron chi connectivity index (χ1n) is 5.64. The van der Waals surface area contributed by atoms with Crippen molar-refractivity contribution < 1.29 is 0 Å². The second-order valence-electron chi connectivity index (χ2n) is 4.21. The molecule has 1 fully saturated rings. The van der Waals surface area contributed by atoms with Crippen molar-refractivity contribution in [3.05, 3.63) is 35.4 Å². The maximum atomic E-state index is 7.50. The van der Waals surface area contributed by atoms with Crippen molar-refractivity contribution in [3.63, 3.8) is 0 Å². The summed E-state index contributed by atoms with van der Waals surface area (Å²) in [5.74, 6) is 0.741. The minimum atomic E-state index is 0.437. The first-order valence-corrected chi connectivity index (χ1v) is 5.64. The number of rotatable bonds is 2. The highest BCUT2D eigenvalue weighted by molar-refractivity contribution is 5.30. The molecule has 2 rings (SSSR count). The molecule has 1 N–H and O–H groups in total. The van der Waals surface area contributed by atoms with E-state index in [0.29, 0.717) is 6.54 Å². The minimum absolute atomic E-state index is 0.437. The van der Waals surface area contributed by atoms with E-state index in [1.165, 1.54) is 43.2 Å². The molecule has 0 heterocycles. The van der Waals surface area contributed by atoms with E-state index in [1.807, 2.05) is 0 Å². The highest BCUT2D eigenvalue weighted by atomic mass is 14.5. The Morgan fingerprint density at radius 3 is 2.50 bits per heavy atom. The third kappa shape index (κ3) is 1.98. The van der Waals surface area contributed by atoms with Crippen molar-refractivity contribution in [1.29, 1.82) is 0 Å². The molecule has 1 aliphatic carbocycles. The lowest BCUT2D eigenvalue weighted by atomic mass is 9.82. The van der Waals surface area contributed by atoms with E-state index in [4.69, 9.17) is 5.73 Å². The van der Waals surface area contributed by atoms with Crippen LogP contribution in [0.2, 0.25) is 0 Å². The van der Waals surface area contributed by atoms with Gasteiger partial charge < -0.3 is 0 Å². The number of nitrogens with one attached hydrogen (secondary N) is 1. The van der Waals surface area contributed by atoms with Gasteiger partial charge in [-0.1, -0.05) is 43.5 Å². The lowest BCUT2D eigenvalue weighted by Gasteiger charge is -2.23. The Morgan fingerprint density at radius 1 is 1.07 bits per heavy atom. The molecule has 0 atom stereocenters. The normalized spacial score (nSPS) is 18.4. The summed E-state index contributed by atoms with van der Waals surface area (Å²) < 4.78 is 0. The maximum Gasteiger partial charge on any atom is 0.0354 e. The van der Waals surface area contributed by atoms with Crippen molar-refractivity contribution in [1.82, 2.24) is 5.73 Å². The van der Waals surface area contributed by atoms with Gasteiger partial charge in [0.25, 0.3) is 0 Å². The molecule has 0 spiro atoms. The zero-order chi connectivity index (χ0) is 9.80. The van der Waals surface area contributed by atoms with Crippen LogP contribution in [0.1, 0.15) is 49.1 Å². The molecule has 0 bridgehead atoms. The number of benzene rings is 1. The van der Waals surface area contributed by atoms with Gasteiger partial charge in [0.2, 0.25) is 0 Å². The Morgan fingerprint density at radius 2 is 1.79 bits per heavy atom. The second kappa shape index (κ2) is 4.61. The molecule has 1 saturated carbocycles. The number of hydrogen-bond acceptors (Lipinski definition) is 0. The highest BCUT2D eigenvalue weighted by Crippen LogP contribution is 2.34. The van der Waals surface area contributed by atoms with Crippen LogP contribution in [0.3, 0.4) is 0 Å². The fraction of sp³-hybridized carbons (Fsp3) is 0.538. The Kier molecular flexibility index (Phi) is 3.20. The summed E-state index contributed by atoms with van der Waals surface area (Å²) >= 11 is 0. The van der Waals surface area contributed by atoms with Gasteiger partial charge in [0, 0.05) is 6.54 Å². The second-order valence-corrected chi connectivity index (χ2v) is 4.21. The van der Waals surface area contributed by atoms with Gasteiger partial charge in [-0.3, -0.25) is 5.73 Å². The molecule has 1 aromatic carbocycles. The average Bonchev–Trinajstić information content (AvgIpc) is 2.30. The van der Waals surface area contributed by atoms with Crippen LogP contribution < -0.4 is 5.73 Å². The first kappa shape index (κ1) is 9.72. The largest absolute Gasteiger partial charge is 0.253 e. The molecule has 0 aromatic heterocycles. The fourth-order valence-corrected chi connectivity index (χ4v) is 2.51. The average molecular weight is 188 g/mol. The highest BCUT2D eigenvalue weighted by Gasteiger charge is 2.17. The smallest absolute Gasteiger partial charge is 0.0354 e. The van der Waals surface area contributed by atoms with Crippen LogP contribution in [-0.4, -0.2) is 0 Å². The molecule has 0 unspecified atom stereocenters.